The first-order valence-corrected chi connectivity index (χ1v) is 4.48. The third-order valence-electron chi connectivity index (χ3n) is 2.03. The average molecular weight is 224 g/mol. The molecular formula is C11H12O5. The zero-order valence-electron chi connectivity index (χ0n) is 9.27. The smallest absolute Gasteiger partial charge is 0.341 e. The second-order valence-electron chi connectivity index (χ2n) is 2.90. The number of esters is 2. The number of rotatable bonds is 3. The number of methoxy groups -OCH3 is 3. The zero-order valence-corrected chi connectivity index (χ0v) is 9.27. The first-order chi connectivity index (χ1) is 7.63. The second kappa shape index (κ2) is 5.16. The van der Waals surface area contributed by atoms with Crippen molar-refractivity contribution in [2.45, 2.75) is 0 Å². The molecule has 1 aromatic carbocycles. The molecular weight excluding hydrogens is 212 g/mol. The molecule has 0 fully saturated rings. The van der Waals surface area contributed by atoms with E-state index in [0.29, 0.717) is 5.75 Å². The van der Waals surface area contributed by atoms with Gasteiger partial charge in [-0.2, -0.15) is 0 Å². The van der Waals surface area contributed by atoms with Gasteiger partial charge in [0.2, 0.25) is 0 Å². The van der Waals surface area contributed by atoms with Crippen molar-refractivity contribution >= 4 is 11.9 Å². The van der Waals surface area contributed by atoms with Crippen LogP contribution in [0.25, 0.3) is 0 Å². The van der Waals surface area contributed by atoms with E-state index in [1.165, 1.54) is 39.5 Å². The van der Waals surface area contributed by atoms with Gasteiger partial charge in [0.15, 0.2) is 0 Å². The lowest BCUT2D eigenvalue weighted by molar-refractivity contribution is 0.0596. The van der Waals surface area contributed by atoms with Gasteiger partial charge in [-0.1, -0.05) is 0 Å². The van der Waals surface area contributed by atoms with Gasteiger partial charge < -0.3 is 14.2 Å². The Hall–Kier alpha value is -2.04. The Bertz CT molecular complexity index is 411. The lowest BCUT2D eigenvalue weighted by Crippen LogP contribution is -2.08. The quantitative estimate of drug-likeness (QED) is 0.723. The van der Waals surface area contributed by atoms with E-state index in [0.717, 1.165) is 0 Å². The van der Waals surface area contributed by atoms with Crippen LogP contribution in [-0.2, 0) is 9.47 Å². The fourth-order valence-electron chi connectivity index (χ4n) is 1.22. The predicted molar refractivity (Wildman–Crippen MR) is 55.7 cm³/mol. The monoisotopic (exact) mass is 224 g/mol. The first-order valence-electron chi connectivity index (χ1n) is 4.48. The van der Waals surface area contributed by atoms with Crippen molar-refractivity contribution in [2.24, 2.45) is 0 Å². The summed E-state index contributed by atoms with van der Waals surface area (Å²) in [6.07, 6.45) is 0. The molecule has 16 heavy (non-hydrogen) atoms. The lowest BCUT2D eigenvalue weighted by Gasteiger charge is -2.08. The Morgan fingerprint density at radius 2 is 1.62 bits per heavy atom. The third-order valence-corrected chi connectivity index (χ3v) is 2.03. The molecule has 5 heteroatoms. The molecule has 0 bridgehead atoms. The summed E-state index contributed by atoms with van der Waals surface area (Å²) in [6, 6.07) is 4.39. The number of hydrogen-bond donors (Lipinski definition) is 0. The SMILES string of the molecule is COC(=O)c1ccc(OC)c(C(=O)OC)c1. The molecule has 0 heterocycles. The highest BCUT2D eigenvalue weighted by atomic mass is 16.5. The van der Waals surface area contributed by atoms with Crippen molar-refractivity contribution < 1.29 is 23.8 Å². The van der Waals surface area contributed by atoms with Crippen LogP contribution in [0.3, 0.4) is 0 Å². The van der Waals surface area contributed by atoms with E-state index in [9.17, 15) is 9.59 Å². The maximum absolute atomic E-state index is 11.4. The van der Waals surface area contributed by atoms with Crippen molar-refractivity contribution in [1.29, 1.82) is 0 Å². The molecule has 0 aromatic heterocycles. The molecule has 0 N–H and O–H groups in total. The molecule has 0 aliphatic heterocycles. The Kier molecular flexibility index (Phi) is 3.88. The summed E-state index contributed by atoms with van der Waals surface area (Å²) >= 11 is 0. The van der Waals surface area contributed by atoms with Gasteiger partial charge in [-0.05, 0) is 18.2 Å². The standard InChI is InChI=1S/C11H12O5/c1-14-9-5-4-7(10(12)15-2)6-8(9)11(13)16-3/h4-6H,1-3H3. The highest BCUT2D eigenvalue weighted by Gasteiger charge is 2.16. The molecule has 0 atom stereocenters. The van der Waals surface area contributed by atoms with Gasteiger partial charge >= 0.3 is 11.9 Å². The molecule has 1 aromatic rings. The molecule has 0 amide bonds. The van der Waals surface area contributed by atoms with Gasteiger partial charge in [-0.15, -0.1) is 0 Å². The number of hydrogen-bond acceptors (Lipinski definition) is 5. The van der Waals surface area contributed by atoms with Gasteiger partial charge in [0.1, 0.15) is 11.3 Å². The summed E-state index contributed by atoms with van der Waals surface area (Å²) in [5, 5.41) is 0. The molecule has 0 unspecified atom stereocenters. The van der Waals surface area contributed by atoms with Gasteiger partial charge in [0.25, 0.3) is 0 Å². The van der Waals surface area contributed by atoms with Crippen LogP contribution in [-0.4, -0.2) is 33.3 Å². The molecule has 1 rings (SSSR count). The average Bonchev–Trinajstić information content (AvgIpc) is 2.35. The van der Waals surface area contributed by atoms with Crippen LogP contribution >= 0.6 is 0 Å². The lowest BCUT2D eigenvalue weighted by atomic mass is 10.1. The predicted octanol–water partition coefficient (Wildman–Crippen LogP) is 1.27. The van der Waals surface area contributed by atoms with Gasteiger partial charge in [0, 0.05) is 0 Å². The molecule has 0 radical (unpaired) electrons. The summed E-state index contributed by atoms with van der Waals surface area (Å²) < 4.78 is 14.1. The Morgan fingerprint density at radius 1 is 1.00 bits per heavy atom. The van der Waals surface area contributed by atoms with E-state index >= 15 is 0 Å². The maximum Gasteiger partial charge on any atom is 0.341 e. The molecule has 5 nitrogen and oxygen atoms in total. The van der Waals surface area contributed by atoms with Gasteiger partial charge in [-0.25, -0.2) is 9.59 Å². The first kappa shape index (κ1) is 12.0. The van der Waals surface area contributed by atoms with Crippen molar-refractivity contribution in [3.8, 4) is 5.75 Å². The topological polar surface area (TPSA) is 61.8 Å². The van der Waals surface area contributed by atoms with E-state index in [1.807, 2.05) is 0 Å². The van der Waals surface area contributed by atoms with E-state index in [4.69, 9.17) is 4.74 Å². The minimum atomic E-state index is -0.567. The summed E-state index contributed by atoms with van der Waals surface area (Å²) in [5.41, 5.74) is 0.455. The normalized spacial score (nSPS) is 9.44. The summed E-state index contributed by atoms with van der Waals surface area (Å²) in [6.45, 7) is 0. The van der Waals surface area contributed by atoms with Crippen LogP contribution in [0.4, 0.5) is 0 Å². The summed E-state index contributed by atoms with van der Waals surface area (Å²) in [4.78, 5) is 22.7. The molecule has 86 valence electrons. The highest BCUT2D eigenvalue weighted by Crippen LogP contribution is 2.21. The van der Waals surface area contributed by atoms with Crippen molar-refractivity contribution in [3.63, 3.8) is 0 Å². The van der Waals surface area contributed by atoms with Crippen LogP contribution in [0.2, 0.25) is 0 Å². The van der Waals surface area contributed by atoms with Crippen molar-refractivity contribution in [1.82, 2.24) is 0 Å². The van der Waals surface area contributed by atoms with Crippen molar-refractivity contribution in [2.75, 3.05) is 21.3 Å². The zero-order chi connectivity index (χ0) is 12.1. The van der Waals surface area contributed by atoms with Crippen LogP contribution in [0.1, 0.15) is 20.7 Å². The molecule has 0 saturated heterocycles. The van der Waals surface area contributed by atoms with E-state index < -0.39 is 11.9 Å². The van der Waals surface area contributed by atoms with Crippen molar-refractivity contribution in [3.05, 3.63) is 29.3 Å². The highest BCUT2D eigenvalue weighted by molar-refractivity contribution is 5.97. The van der Waals surface area contributed by atoms with E-state index in [-0.39, 0.29) is 11.1 Å². The van der Waals surface area contributed by atoms with Crippen LogP contribution < -0.4 is 4.74 Å². The van der Waals surface area contributed by atoms with Gasteiger partial charge in [-0.3, -0.25) is 0 Å². The Morgan fingerprint density at radius 3 is 2.12 bits per heavy atom. The summed E-state index contributed by atoms with van der Waals surface area (Å²) in [7, 11) is 3.95. The number of carbonyl (C=O) groups is 2. The molecule has 0 spiro atoms. The second-order valence-corrected chi connectivity index (χ2v) is 2.90. The largest absolute Gasteiger partial charge is 0.496 e. The Balaban J connectivity index is 3.21. The Labute approximate surface area is 92.9 Å². The maximum atomic E-state index is 11.4. The van der Waals surface area contributed by atoms with Crippen LogP contribution in [0, 0.1) is 0 Å². The third kappa shape index (κ3) is 2.31. The van der Waals surface area contributed by atoms with E-state index in [1.54, 1.807) is 0 Å². The minimum Gasteiger partial charge on any atom is -0.496 e. The minimum absolute atomic E-state index is 0.188. The number of carbonyl (C=O) groups excluding carboxylic acids is 2. The molecule has 0 aliphatic carbocycles. The number of ether oxygens (including phenoxy) is 3. The van der Waals surface area contributed by atoms with Crippen LogP contribution in [0.15, 0.2) is 18.2 Å². The fourth-order valence-corrected chi connectivity index (χ4v) is 1.22. The number of benzene rings is 1. The molecule has 0 aliphatic rings. The van der Waals surface area contributed by atoms with E-state index in [2.05, 4.69) is 9.47 Å². The summed E-state index contributed by atoms with van der Waals surface area (Å²) in [5.74, 6) is -0.741. The fraction of sp³-hybridized carbons (Fsp3) is 0.273. The molecule has 0 saturated carbocycles. The van der Waals surface area contributed by atoms with Crippen LogP contribution in [0.5, 0.6) is 5.75 Å². The van der Waals surface area contributed by atoms with Gasteiger partial charge in [0.05, 0.1) is 26.9 Å².